The molecule has 1 unspecified atom stereocenters. The highest BCUT2D eigenvalue weighted by atomic mass is 35.5. The van der Waals surface area contributed by atoms with Gasteiger partial charge in [0.25, 0.3) is 11.8 Å². The predicted octanol–water partition coefficient (Wildman–Crippen LogP) is 1.76. The van der Waals surface area contributed by atoms with Gasteiger partial charge in [0.15, 0.2) is 11.3 Å². The second-order valence-electron chi connectivity index (χ2n) is 6.15. The highest BCUT2D eigenvalue weighted by Crippen LogP contribution is 2.28. The molecular formula is C17H17ClN6O2. The number of nitrogens with one attached hydrogen (secondary N) is 1. The molecule has 0 spiro atoms. The van der Waals surface area contributed by atoms with Gasteiger partial charge < -0.3 is 14.8 Å². The molecule has 1 aliphatic rings. The topological polar surface area (TPSA) is 84.5 Å². The van der Waals surface area contributed by atoms with E-state index in [9.17, 15) is 9.59 Å². The number of amides is 2. The standard InChI is InChI=1S/C17H17ClN6O2/c1-10-13-3-4-14(16(25)19-2)23(13)6-5-22(10)17(26)12-7-15-20-8-11(18)9-24(15)21-12/h3-4,7-10H,5-6H2,1-2H3,(H,19,25). The maximum atomic E-state index is 13.0. The Kier molecular flexibility index (Phi) is 3.91. The molecule has 3 aromatic heterocycles. The molecule has 2 amide bonds. The molecule has 26 heavy (non-hydrogen) atoms. The van der Waals surface area contributed by atoms with Crippen molar-refractivity contribution in [3.63, 3.8) is 0 Å². The van der Waals surface area contributed by atoms with E-state index in [2.05, 4.69) is 15.4 Å². The average Bonchev–Trinajstić information content (AvgIpc) is 3.25. The lowest BCUT2D eigenvalue weighted by Gasteiger charge is -2.35. The van der Waals surface area contributed by atoms with Crippen LogP contribution >= 0.6 is 11.6 Å². The van der Waals surface area contributed by atoms with E-state index in [-0.39, 0.29) is 17.9 Å². The summed E-state index contributed by atoms with van der Waals surface area (Å²) in [6, 6.07) is 5.15. The normalized spacial score (nSPS) is 16.6. The Morgan fingerprint density at radius 1 is 1.31 bits per heavy atom. The zero-order valence-corrected chi connectivity index (χ0v) is 15.1. The monoisotopic (exact) mass is 372 g/mol. The third kappa shape index (κ3) is 2.53. The van der Waals surface area contributed by atoms with E-state index in [0.29, 0.717) is 35.1 Å². The number of nitrogens with zero attached hydrogens (tertiary/aromatic N) is 5. The Morgan fingerprint density at radius 2 is 2.12 bits per heavy atom. The summed E-state index contributed by atoms with van der Waals surface area (Å²) in [6.45, 7) is 2.99. The Balaban J connectivity index is 1.64. The van der Waals surface area contributed by atoms with E-state index in [1.165, 1.54) is 10.7 Å². The molecule has 134 valence electrons. The fourth-order valence-electron chi connectivity index (χ4n) is 3.37. The lowest BCUT2D eigenvalue weighted by molar-refractivity contribution is 0.0635. The van der Waals surface area contributed by atoms with E-state index in [0.717, 1.165) is 5.69 Å². The molecule has 9 heteroatoms. The van der Waals surface area contributed by atoms with E-state index in [1.807, 2.05) is 17.6 Å². The van der Waals surface area contributed by atoms with E-state index < -0.39 is 0 Å². The van der Waals surface area contributed by atoms with Crippen LogP contribution in [-0.2, 0) is 6.54 Å². The zero-order chi connectivity index (χ0) is 18.4. The minimum absolute atomic E-state index is 0.133. The molecular weight excluding hydrogens is 356 g/mol. The lowest BCUT2D eigenvalue weighted by atomic mass is 10.1. The minimum Gasteiger partial charge on any atom is -0.354 e. The second kappa shape index (κ2) is 6.14. The summed E-state index contributed by atoms with van der Waals surface area (Å²) in [5.74, 6) is -0.306. The van der Waals surface area contributed by atoms with Crippen LogP contribution in [0.5, 0.6) is 0 Å². The number of fused-ring (bicyclic) bond motifs is 2. The summed E-state index contributed by atoms with van der Waals surface area (Å²) < 4.78 is 3.45. The van der Waals surface area contributed by atoms with Crippen LogP contribution < -0.4 is 5.32 Å². The van der Waals surface area contributed by atoms with Gasteiger partial charge in [-0.2, -0.15) is 5.10 Å². The summed E-state index contributed by atoms with van der Waals surface area (Å²) >= 11 is 5.92. The van der Waals surface area contributed by atoms with Gasteiger partial charge in [0, 0.05) is 38.1 Å². The lowest BCUT2D eigenvalue weighted by Crippen LogP contribution is -2.42. The van der Waals surface area contributed by atoms with Gasteiger partial charge in [-0.15, -0.1) is 0 Å². The smallest absolute Gasteiger partial charge is 0.275 e. The first-order chi connectivity index (χ1) is 12.5. The van der Waals surface area contributed by atoms with Crippen molar-refractivity contribution < 1.29 is 9.59 Å². The van der Waals surface area contributed by atoms with Crippen LogP contribution in [0, 0.1) is 0 Å². The summed E-state index contributed by atoms with van der Waals surface area (Å²) in [6.07, 6.45) is 3.13. The third-order valence-electron chi connectivity index (χ3n) is 4.70. The van der Waals surface area contributed by atoms with Crippen LogP contribution in [0.4, 0.5) is 0 Å². The maximum Gasteiger partial charge on any atom is 0.275 e. The molecule has 4 heterocycles. The Labute approximate surface area is 154 Å². The van der Waals surface area contributed by atoms with E-state index in [4.69, 9.17) is 11.6 Å². The molecule has 3 aromatic rings. The molecule has 1 N–H and O–H groups in total. The Morgan fingerprint density at radius 3 is 2.88 bits per heavy atom. The van der Waals surface area contributed by atoms with Crippen molar-refractivity contribution in [2.75, 3.05) is 13.6 Å². The van der Waals surface area contributed by atoms with Gasteiger partial charge in [0.1, 0.15) is 5.69 Å². The summed E-state index contributed by atoms with van der Waals surface area (Å²) in [4.78, 5) is 30.9. The molecule has 0 aliphatic carbocycles. The molecule has 0 saturated carbocycles. The average molecular weight is 373 g/mol. The summed E-state index contributed by atoms with van der Waals surface area (Å²) in [5.41, 5.74) is 2.41. The van der Waals surface area contributed by atoms with Crippen molar-refractivity contribution in [1.82, 2.24) is 29.4 Å². The number of rotatable bonds is 2. The molecule has 0 fully saturated rings. The van der Waals surface area contributed by atoms with Crippen molar-refractivity contribution in [3.8, 4) is 0 Å². The zero-order valence-electron chi connectivity index (χ0n) is 14.3. The van der Waals surface area contributed by atoms with Crippen LogP contribution in [0.1, 0.15) is 39.6 Å². The van der Waals surface area contributed by atoms with Crippen LogP contribution in [0.3, 0.4) is 0 Å². The Bertz CT molecular complexity index is 1020. The number of halogens is 1. The molecule has 1 atom stereocenters. The highest BCUT2D eigenvalue weighted by molar-refractivity contribution is 6.30. The van der Waals surface area contributed by atoms with Crippen LogP contribution in [0.15, 0.2) is 30.6 Å². The second-order valence-corrected chi connectivity index (χ2v) is 6.59. The Hall–Kier alpha value is -2.87. The third-order valence-corrected chi connectivity index (χ3v) is 4.89. The largest absolute Gasteiger partial charge is 0.354 e. The molecule has 8 nitrogen and oxygen atoms in total. The first-order valence-corrected chi connectivity index (χ1v) is 8.61. The molecule has 0 radical (unpaired) electrons. The summed E-state index contributed by atoms with van der Waals surface area (Å²) in [5, 5.41) is 7.38. The van der Waals surface area contributed by atoms with Gasteiger partial charge in [0.2, 0.25) is 0 Å². The van der Waals surface area contributed by atoms with Crippen LogP contribution in [0.2, 0.25) is 5.02 Å². The number of carbonyl (C=O) groups is 2. The van der Waals surface area contributed by atoms with Gasteiger partial charge in [-0.3, -0.25) is 9.59 Å². The van der Waals surface area contributed by atoms with Crippen molar-refractivity contribution in [2.24, 2.45) is 0 Å². The first kappa shape index (κ1) is 16.6. The minimum atomic E-state index is -0.173. The van der Waals surface area contributed by atoms with Crippen molar-refractivity contribution in [1.29, 1.82) is 0 Å². The fraction of sp³-hybridized carbons (Fsp3) is 0.294. The molecule has 0 saturated heterocycles. The van der Waals surface area contributed by atoms with Gasteiger partial charge in [0.05, 0.1) is 17.3 Å². The number of hydrogen-bond acceptors (Lipinski definition) is 4. The summed E-state index contributed by atoms with van der Waals surface area (Å²) in [7, 11) is 1.61. The van der Waals surface area contributed by atoms with E-state index >= 15 is 0 Å². The quantitative estimate of drug-likeness (QED) is 0.742. The van der Waals surface area contributed by atoms with E-state index in [1.54, 1.807) is 30.3 Å². The van der Waals surface area contributed by atoms with Crippen molar-refractivity contribution in [3.05, 3.63) is 52.7 Å². The number of aromatic nitrogens is 4. The molecule has 0 aromatic carbocycles. The van der Waals surface area contributed by atoms with Crippen molar-refractivity contribution >= 4 is 29.1 Å². The van der Waals surface area contributed by atoms with Crippen molar-refractivity contribution in [2.45, 2.75) is 19.5 Å². The van der Waals surface area contributed by atoms with Gasteiger partial charge in [-0.1, -0.05) is 11.6 Å². The van der Waals surface area contributed by atoms with Crippen LogP contribution in [0.25, 0.3) is 5.65 Å². The number of carbonyl (C=O) groups excluding carboxylic acids is 2. The number of hydrogen-bond donors (Lipinski definition) is 1. The maximum absolute atomic E-state index is 13.0. The molecule has 1 aliphatic heterocycles. The molecule has 0 bridgehead atoms. The SMILES string of the molecule is CNC(=O)c1ccc2n1CCN(C(=O)c1cc3ncc(Cl)cn3n1)C2C. The predicted molar refractivity (Wildman–Crippen MR) is 95.3 cm³/mol. The van der Waals surface area contributed by atoms with Crippen LogP contribution in [-0.4, -0.2) is 49.5 Å². The fourth-order valence-corrected chi connectivity index (χ4v) is 3.51. The van der Waals surface area contributed by atoms with Gasteiger partial charge >= 0.3 is 0 Å². The van der Waals surface area contributed by atoms with Gasteiger partial charge in [-0.05, 0) is 19.1 Å². The first-order valence-electron chi connectivity index (χ1n) is 8.23. The highest BCUT2D eigenvalue weighted by Gasteiger charge is 2.31. The molecule has 4 rings (SSSR count). The van der Waals surface area contributed by atoms with Gasteiger partial charge in [-0.25, -0.2) is 9.50 Å².